The van der Waals surface area contributed by atoms with Crippen LogP contribution in [-0.2, 0) is 14.3 Å². The van der Waals surface area contributed by atoms with Crippen LogP contribution in [0.3, 0.4) is 0 Å². The zero-order chi connectivity index (χ0) is 9.47. The number of fused-ring (bicyclic) bond motifs is 1. The lowest BCUT2D eigenvalue weighted by atomic mass is 10.00. The molecule has 1 saturated heterocycles. The molecule has 1 saturated carbocycles. The first-order valence-corrected chi connectivity index (χ1v) is 3.98. The number of rotatable bonds is 1. The second-order valence-corrected chi connectivity index (χ2v) is 3.29. The van der Waals surface area contributed by atoms with Crippen molar-refractivity contribution in [3.05, 3.63) is 10.4 Å². The molecular weight excluding hydrogens is 174 g/mol. The van der Waals surface area contributed by atoms with Gasteiger partial charge >= 0.3 is 5.97 Å². The first-order chi connectivity index (χ1) is 6.21. The molecule has 0 aromatic carbocycles. The maximum atomic E-state index is 11.3. The Morgan fingerprint density at radius 1 is 1.77 bits per heavy atom. The molecule has 2 aliphatic rings. The van der Waals surface area contributed by atoms with E-state index in [1.807, 2.05) is 0 Å². The second kappa shape index (κ2) is 2.47. The predicted octanol–water partition coefficient (Wildman–Crippen LogP) is 0.776. The third kappa shape index (κ3) is 0.922. The Kier molecular flexibility index (Phi) is 1.53. The highest BCUT2D eigenvalue weighted by atomic mass is 16.5. The van der Waals surface area contributed by atoms with E-state index < -0.39 is 17.3 Å². The van der Waals surface area contributed by atoms with Crippen molar-refractivity contribution in [3.63, 3.8) is 0 Å². The Morgan fingerprint density at radius 3 is 3.15 bits per heavy atom. The van der Waals surface area contributed by atoms with Gasteiger partial charge in [-0.1, -0.05) is 0 Å². The summed E-state index contributed by atoms with van der Waals surface area (Å²) in [7, 11) is 0. The fraction of sp³-hybridized carbons (Fsp3) is 0.714. The van der Waals surface area contributed by atoms with E-state index in [0.29, 0.717) is 19.4 Å². The van der Waals surface area contributed by atoms with Gasteiger partial charge in [-0.2, -0.15) is 0 Å². The maximum Gasteiger partial charge on any atom is 0.320 e. The molecule has 13 heavy (non-hydrogen) atoms. The van der Waals surface area contributed by atoms with Crippen LogP contribution in [0.25, 0.3) is 10.4 Å². The van der Waals surface area contributed by atoms with Gasteiger partial charge in [-0.15, -0.1) is 0 Å². The lowest BCUT2D eigenvalue weighted by Crippen LogP contribution is -2.32. The summed E-state index contributed by atoms with van der Waals surface area (Å²) < 4.78 is 4.76. The van der Waals surface area contributed by atoms with Gasteiger partial charge in [0.15, 0.2) is 0 Å². The summed E-state index contributed by atoms with van der Waals surface area (Å²) in [4.78, 5) is 24.9. The molecule has 0 N–H and O–H groups in total. The van der Waals surface area contributed by atoms with Crippen LogP contribution in [0.4, 0.5) is 0 Å². The summed E-state index contributed by atoms with van der Waals surface area (Å²) in [5.41, 5.74) is 6.97. The largest absolute Gasteiger partial charge is 0.465 e. The van der Waals surface area contributed by atoms with Gasteiger partial charge in [0.25, 0.3) is 0 Å². The van der Waals surface area contributed by atoms with Crippen LogP contribution in [0.5, 0.6) is 0 Å². The number of nitrogens with zero attached hydrogens (tertiary/aromatic N) is 3. The highest BCUT2D eigenvalue weighted by Gasteiger charge is 2.67. The summed E-state index contributed by atoms with van der Waals surface area (Å²) in [5.74, 6) is -1.18. The number of esters is 1. The molecule has 6 heteroatoms. The molecule has 1 amide bonds. The van der Waals surface area contributed by atoms with Crippen molar-refractivity contribution >= 4 is 11.9 Å². The van der Waals surface area contributed by atoms with E-state index in [9.17, 15) is 9.59 Å². The standard InChI is InChI=1S/C7H7N3O3/c8-10-9-5(11)7-3-4(7)1-2-13-6(7)12/h4H,1-3H2/t4-,7+/m1/s1. The van der Waals surface area contributed by atoms with Gasteiger partial charge in [0, 0.05) is 4.91 Å². The fourth-order valence-corrected chi connectivity index (χ4v) is 1.83. The van der Waals surface area contributed by atoms with Crippen LogP contribution in [0, 0.1) is 11.3 Å². The Morgan fingerprint density at radius 2 is 2.54 bits per heavy atom. The number of azide groups is 1. The highest BCUT2D eigenvalue weighted by molar-refractivity contribution is 6.07. The normalized spacial score (nSPS) is 35.4. The fourth-order valence-electron chi connectivity index (χ4n) is 1.83. The Labute approximate surface area is 73.5 Å². The summed E-state index contributed by atoms with van der Waals surface area (Å²) in [6.45, 7) is 0.370. The molecule has 2 fully saturated rings. The Bertz CT molecular complexity index is 334. The van der Waals surface area contributed by atoms with Gasteiger partial charge in [0.05, 0.1) is 6.61 Å². The predicted molar refractivity (Wildman–Crippen MR) is 40.3 cm³/mol. The molecular formula is C7H7N3O3. The zero-order valence-electron chi connectivity index (χ0n) is 6.77. The van der Waals surface area contributed by atoms with Crippen molar-refractivity contribution in [1.29, 1.82) is 0 Å². The number of ether oxygens (including phenoxy) is 1. The van der Waals surface area contributed by atoms with Crippen LogP contribution >= 0.6 is 0 Å². The zero-order valence-corrected chi connectivity index (χ0v) is 6.77. The maximum absolute atomic E-state index is 11.3. The molecule has 1 aliphatic carbocycles. The molecule has 0 aromatic heterocycles. The van der Waals surface area contributed by atoms with Gasteiger partial charge in [-0.3, -0.25) is 9.59 Å². The van der Waals surface area contributed by atoms with Crippen LogP contribution in [0.2, 0.25) is 0 Å². The summed E-state index contributed by atoms with van der Waals surface area (Å²) in [6, 6.07) is 0. The Hall–Kier alpha value is -1.55. The van der Waals surface area contributed by atoms with E-state index >= 15 is 0 Å². The number of carbonyl (C=O) groups is 2. The molecule has 2 rings (SSSR count). The molecule has 68 valence electrons. The molecule has 6 nitrogen and oxygen atoms in total. The van der Waals surface area contributed by atoms with Crippen molar-refractivity contribution in [2.24, 2.45) is 16.4 Å². The molecule has 0 bridgehead atoms. The third-order valence-corrected chi connectivity index (χ3v) is 2.69. The number of cyclic esters (lactones) is 1. The van der Waals surface area contributed by atoms with Crippen molar-refractivity contribution in [3.8, 4) is 0 Å². The van der Waals surface area contributed by atoms with Crippen molar-refractivity contribution in [2.45, 2.75) is 12.8 Å². The molecule has 0 unspecified atom stereocenters. The summed E-state index contributed by atoms with van der Waals surface area (Å²) >= 11 is 0. The summed E-state index contributed by atoms with van der Waals surface area (Å²) in [5, 5.41) is 2.95. The minimum absolute atomic E-state index is 0.0340. The number of carbonyl (C=O) groups excluding carboxylic acids is 2. The van der Waals surface area contributed by atoms with Gasteiger partial charge in [-0.05, 0) is 29.4 Å². The van der Waals surface area contributed by atoms with Crippen molar-refractivity contribution < 1.29 is 14.3 Å². The lowest BCUT2D eigenvalue weighted by Gasteiger charge is -2.17. The number of amides is 1. The number of hydrogen-bond acceptors (Lipinski definition) is 3. The van der Waals surface area contributed by atoms with Gasteiger partial charge in [-0.25, -0.2) is 0 Å². The van der Waals surface area contributed by atoms with Crippen LogP contribution < -0.4 is 0 Å². The van der Waals surface area contributed by atoms with Crippen LogP contribution in [0.15, 0.2) is 5.11 Å². The third-order valence-electron chi connectivity index (χ3n) is 2.69. The van der Waals surface area contributed by atoms with Gasteiger partial charge in [0.1, 0.15) is 5.41 Å². The van der Waals surface area contributed by atoms with Crippen molar-refractivity contribution in [2.75, 3.05) is 6.61 Å². The van der Waals surface area contributed by atoms with Gasteiger partial charge < -0.3 is 4.74 Å². The highest BCUT2D eigenvalue weighted by Crippen LogP contribution is 2.58. The van der Waals surface area contributed by atoms with E-state index in [1.165, 1.54) is 0 Å². The second-order valence-electron chi connectivity index (χ2n) is 3.29. The first-order valence-electron chi connectivity index (χ1n) is 3.98. The first kappa shape index (κ1) is 8.07. The van der Waals surface area contributed by atoms with E-state index in [1.54, 1.807) is 0 Å². The van der Waals surface area contributed by atoms with E-state index in [0.717, 1.165) is 0 Å². The molecule has 0 radical (unpaired) electrons. The molecule has 1 heterocycles. The van der Waals surface area contributed by atoms with Crippen LogP contribution in [0.1, 0.15) is 12.8 Å². The quantitative estimate of drug-likeness (QED) is 0.196. The minimum atomic E-state index is -1.11. The van der Waals surface area contributed by atoms with Gasteiger partial charge in [0.2, 0.25) is 5.91 Å². The number of hydrogen-bond donors (Lipinski definition) is 0. The smallest absolute Gasteiger partial charge is 0.320 e. The minimum Gasteiger partial charge on any atom is -0.465 e. The van der Waals surface area contributed by atoms with E-state index in [2.05, 4.69) is 10.0 Å². The Balaban J connectivity index is 2.26. The summed E-state index contributed by atoms with van der Waals surface area (Å²) in [6.07, 6.45) is 1.17. The molecule has 0 spiro atoms. The SMILES string of the molecule is [N-]=[N+]=NC(=O)[C@]12C[C@H]1CCOC2=O. The molecule has 0 aromatic rings. The van der Waals surface area contributed by atoms with Crippen molar-refractivity contribution in [1.82, 2.24) is 0 Å². The monoisotopic (exact) mass is 181 g/mol. The van der Waals surface area contributed by atoms with Crippen LogP contribution in [-0.4, -0.2) is 18.5 Å². The van der Waals surface area contributed by atoms with E-state index in [-0.39, 0.29) is 5.92 Å². The lowest BCUT2D eigenvalue weighted by molar-refractivity contribution is -0.158. The topological polar surface area (TPSA) is 92.1 Å². The average Bonchev–Trinajstić information content (AvgIpc) is 2.82. The van der Waals surface area contributed by atoms with E-state index in [4.69, 9.17) is 10.3 Å². The molecule has 1 aliphatic heterocycles. The molecule has 2 atom stereocenters. The average molecular weight is 181 g/mol.